The second kappa shape index (κ2) is 4.06. The summed E-state index contributed by atoms with van der Waals surface area (Å²) in [6.07, 6.45) is 0.744. The molecule has 78 valence electrons. The van der Waals surface area contributed by atoms with Crippen LogP contribution in [-0.2, 0) is 6.42 Å². The molecule has 0 fully saturated rings. The zero-order valence-corrected chi connectivity index (χ0v) is 10.4. The van der Waals surface area contributed by atoms with Gasteiger partial charge in [0.25, 0.3) is 0 Å². The third kappa shape index (κ3) is 1.86. The molecule has 1 nitrogen and oxygen atoms in total. The molecule has 0 aliphatic heterocycles. The highest BCUT2D eigenvalue weighted by atomic mass is 79.9. The van der Waals surface area contributed by atoms with Gasteiger partial charge < -0.3 is 0 Å². The summed E-state index contributed by atoms with van der Waals surface area (Å²) in [5.74, 6) is -0.271. The van der Waals surface area contributed by atoms with E-state index in [2.05, 4.69) is 20.9 Å². The predicted molar refractivity (Wildman–Crippen MR) is 63.8 cm³/mol. The summed E-state index contributed by atoms with van der Waals surface area (Å²) < 4.78 is 14.3. The van der Waals surface area contributed by atoms with Gasteiger partial charge in [0.1, 0.15) is 11.0 Å². The Morgan fingerprint density at radius 2 is 2.20 bits per heavy atom. The third-order valence-electron chi connectivity index (χ3n) is 2.29. The number of nitrogens with zero attached hydrogens (tertiary/aromatic N) is 1. The molecule has 0 radical (unpaired) electrons. The predicted octanol–water partition coefficient (Wildman–Crippen LogP) is 4.35. The lowest BCUT2D eigenvalue weighted by atomic mass is 10.1. The van der Waals surface area contributed by atoms with Crippen LogP contribution in [0.5, 0.6) is 0 Å². The van der Waals surface area contributed by atoms with Gasteiger partial charge in [0, 0.05) is 9.86 Å². The molecule has 15 heavy (non-hydrogen) atoms. The summed E-state index contributed by atoms with van der Waals surface area (Å²) in [6.45, 7) is 1.96. The number of aromatic nitrogens is 1. The van der Waals surface area contributed by atoms with E-state index in [-0.39, 0.29) is 5.82 Å². The van der Waals surface area contributed by atoms with Crippen molar-refractivity contribution in [1.82, 2.24) is 4.98 Å². The monoisotopic (exact) mass is 287 g/mol. The highest BCUT2D eigenvalue weighted by Gasteiger charge is 2.09. The highest BCUT2D eigenvalue weighted by Crippen LogP contribution is 2.28. The summed E-state index contributed by atoms with van der Waals surface area (Å²) in [7, 11) is 0. The SMILES string of the molecule is CCc1cc2c(F)ccc(Br)c2nc1Cl. The molecule has 0 N–H and O–H groups in total. The van der Waals surface area contributed by atoms with Crippen LogP contribution in [0.2, 0.25) is 5.15 Å². The van der Waals surface area contributed by atoms with Crippen molar-refractivity contribution in [3.05, 3.63) is 39.2 Å². The van der Waals surface area contributed by atoms with E-state index in [4.69, 9.17) is 11.6 Å². The van der Waals surface area contributed by atoms with Crippen LogP contribution in [0.25, 0.3) is 10.9 Å². The minimum Gasteiger partial charge on any atom is -0.235 e. The number of hydrogen-bond donors (Lipinski definition) is 0. The standard InChI is InChI=1S/C11H8BrClFN/c1-2-6-5-7-9(14)4-3-8(12)10(7)15-11(6)13/h3-5H,2H2,1H3. The molecule has 4 heteroatoms. The molecule has 0 amide bonds. The van der Waals surface area contributed by atoms with E-state index in [1.165, 1.54) is 6.07 Å². The van der Waals surface area contributed by atoms with Crippen LogP contribution in [0.4, 0.5) is 4.39 Å². The first-order valence-electron chi connectivity index (χ1n) is 4.56. The Balaban J connectivity index is 2.86. The molecular weight excluding hydrogens is 280 g/mol. The van der Waals surface area contributed by atoms with Crippen molar-refractivity contribution in [3.8, 4) is 0 Å². The number of halogens is 3. The fourth-order valence-corrected chi connectivity index (χ4v) is 2.17. The van der Waals surface area contributed by atoms with Crippen LogP contribution in [0.15, 0.2) is 22.7 Å². The topological polar surface area (TPSA) is 12.9 Å². The summed E-state index contributed by atoms with van der Waals surface area (Å²) >= 11 is 9.30. The molecule has 0 bridgehead atoms. The Labute approximate surface area is 100 Å². The van der Waals surface area contributed by atoms with Gasteiger partial charge in [0.15, 0.2) is 0 Å². The first kappa shape index (κ1) is 10.8. The number of fused-ring (bicyclic) bond motifs is 1. The zero-order chi connectivity index (χ0) is 11.0. The fraction of sp³-hybridized carbons (Fsp3) is 0.182. The van der Waals surface area contributed by atoms with Gasteiger partial charge in [-0.15, -0.1) is 0 Å². The van der Waals surface area contributed by atoms with Gasteiger partial charge >= 0.3 is 0 Å². The highest BCUT2D eigenvalue weighted by molar-refractivity contribution is 9.10. The van der Waals surface area contributed by atoms with Gasteiger partial charge in [-0.2, -0.15) is 0 Å². The van der Waals surface area contributed by atoms with Crippen LogP contribution in [0, 0.1) is 5.82 Å². The molecule has 0 atom stereocenters. The normalized spacial score (nSPS) is 10.9. The van der Waals surface area contributed by atoms with E-state index in [1.54, 1.807) is 12.1 Å². The van der Waals surface area contributed by atoms with Crippen LogP contribution in [0.3, 0.4) is 0 Å². The average molecular weight is 289 g/mol. The lowest BCUT2D eigenvalue weighted by Crippen LogP contribution is -1.91. The lowest BCUT2D eigenvalue weighted by Gasteiger charge is -2.05. The first-order valence-corrected chi connectivity index (χ1v) is 5.73. The van der Waals surface area contributed by atoms with Crippen molar-refractivity contribution in [2.45, 2.75) is 13.3 Å². The summed E-state index contributed by atoms with van der Waals surface area (Å²) in [5.41, 5.74) is 1.43. The number of rotatable bonds is 1. The van der Waals surface area contributed by atoms with Crippen molar-refractivity contribution in [2.24, 2.45) is 0 Å². The van der Waals surface area contributed by atoms with E-state index < -0.39 is 0 Å². The molecular formula is C11H8BrClFN. The van der Waals surface area contributed by atoms with Crippen LogP contribution in [-0.4, -0.2) is 4.98 Å². The van der Waals surface area contributed by atoms with E-state index in [9.17, 15) is 4.39 Å². The third-order valence-corrected chi connectivity index (χ3v) is 3.26. The Kier molecular flexibility index (Phi) is 2.94. The molecule has 0 saturated carbocycles. The molecule has 2 rings (SSSR count). The maximum Gasteiger partial charge on any atom is 0.133 e. The maximum absolute atomic E-state index is 13.5. The van der Waals surface area contributed by atoms with E-state index in [1.807, 2.05) is 6.92 Å². The van der Waals surface area contributed by atoms with Gasteiger partial charge in [-0.1, -0.05) is 18.5 Å². The summed E-state index contributed by atoms with van der Waals surface area (Å²) in [6, 6.07) is 4.80. The molecule has 0 aliphatic carbocycles. The first-order chi connectivity index (χ1) is 7.13. The number of hydrogen-bond acceptors (Lipinski definition) is 1. The van der Waals surface area contributed by atoms with Crippen LogP contribution in [0.1, 0.15) is 12.5 Å². The number of pyridine rings is 1. The van der Waals surface area contributed by atoms with Crippen molar-refractivity contribution < 1.29 is 4.39 Å². The number of benzene rings is 1. The van der Waals surface area contributed by atoms with Crippen molar-refractivity contribution in [2.75, 3.05) is 0 Å². The summed E-state index contributed by atoms with van der Waals surface area (Å²) in [5, 5.41) is 0.946. The van der Waals surface area contributed by atoms with Gasteiger partial charge in [-0.3, -0.25) is 0 Å². The largest absolute Gasteiger partial charge is 0.235 e. The number of aryl methyl sites for hydroxylation is 1. The lowest BCUT2D eigenvalue weighted by molar-refractivity contribution is 0.639. The molecule has 0 saturated heterocycles. The maximum atomic E-state index is 13.5. The van der Waals surface area contributed by atoms with Crippen molar-refractivity contribution >= 4 is 38.4 Å². The molecule has 0 unspecified atom stereocenters. The molecule has 1 heterocycles. The molecule has 0 aliphatic rings. The van der Waals surface area contributed by atoms with Crippen LogP contribution < -0.4 is 0 Å². The van der Waals surface area contributed by atoms with E-state index >= 15 is 0 Å². The van der Waals surface area contributed by atoms with E-state index in [0.29, 0.717) is 16.1 Å². The van der Waals surface area contributed by atoms with Gasteiger partial charge in [0.2, 0.25) is 0 Å². The smallest absolute Gasteiger partial charge is 0.133 e. The Morgan fingerprint density at radius 1 is 1.47 bits per heavy atom. The quantitative estimate of drug-likeness (QED) is 0.711. The second-order valence-electron chi connectivity index (χ2n) is 3.22. The van der Waals surface area contributed by atoms with Crippen molar-refractivity contribution in [3.63, 3.8) is 0 Å². The Morgan fingerprint density at radius 3 is 2.87 bits per heavy atom. The fourth-order valence-electron chi connectivity index (χ4n) is 1.46. The Bertz CT molecular complexity index is 527. The zero-order valence-electron chi connectivity index (χ0n) is 8.02. The minimum atomic E-state index is -0.271. The second-order valence-corrected chi connectivity index (χ2v) is 4.43. The minimum absolute atomic E-state index is 0.271. The van der Waals surface area contributed by atoms with Crippen LogP contribution >= 0.6 is 27.5 Å². The molecule has 1 aromatic heterocycles. The van der Waals surface area contributed by atoms with Gasteiger partial charge in [0.05, 0.1) is 5.52 Å². The van der Waals surface area contributed by atoms with E-state index in [0.717, 1.165) is 16.5 Å². The molecule has 1 aromatic carbocycles. The molecule has 0 spiro atoms. The Hall–Kier alpha value is -0.670. The van der Waals surface area contributed by atoms with Gasteiger partial charge in [-0.25, -0.2) is 9.37 Å². The summed E-state index contributed by atoms with van der Waals surface area (Å²) in [4.78, 5) is 4.19. The average Bonchev–Trinajstić information content (AvgIpc) is 2.23. The molecule has 2 aromatic rings. The van der Waals surface area contributed by atoms with Crippen molar-refractivity contribution in [1.29, 1.82) is 0 Å². The van der Waals surface area contributed by atoms with Gasteiger partial charge in [-0.05, 0) is 46.1 Å².